The lowest BCUT2D eigenvalue weighted by molar-refractivity contribution is -0.121. The van der Waals surface area contributed by atoms with E-state index in [2.05, 4.69) is 20.9 Å². The monoisotopic (exact) mass is 488 g/mol. The van der Waals surface area contributed by atoms with Crippen LogP contribution in [0.25, 0.3) is 0 Å². The molecule has 1 saturated carbocycles. The number of nitrogens with one attached hydrogen (secondary N) is 3. The van der Waals surface area contributed by atoms with Crippen LogP contribution in [0.1, 0.15) is 38.2 Å². The minimum absolute atomic E-state index is 0. The molecule has 1 fully saturated rings. The molecular formula is C20H33IN4O2. The molecule has 0 atom stereocenters. The van der Waals surface area contributed by atoms with Gasteiger partial charge in [-0.25, -0.2) is 0 Å². The second-order valence-electron chi connectivity index (χ2n) is 6.57. The highest BCUT2D eigenvalue weighted by Gasteiger charge is 2.20. The van der Waals surface area contributed by atoms with Crippen LogP contribution in [0.3, 0.4) is 0 Å². The van der Waals surface area contributed by atoms with Crippen LogP contribution in [0.5, 0.6) is 0 Å². The zero-order valence-corrected chi connectivity index (χ0v) is 18.5. The minimum Gasteiger partial charge on any atom is -0.381 e. The van der Waals surface area contributed by atoms with E-state index < -0.39 is 0 Å². The number of guanidine groups is 1. The molecule has 1 aromatic rings. The van der Waals surface area contributed by atoms with Crippen molar-refractivity contribution in [2.24, 2.45) is 10.9 Å². The highest BCUT2D eigenvalue weighted by molar-refractivity contribution is 14.0. The molecule has 1 aliphatic carbocycles. The van der Waals surface area contributed by atoms with Crippen LogP contribution in [-0.2, 0) is 16.1 Å². The third kappa shape index (κ3) is 11.9. The molecule has 0 heterocycles. The molecular weight excluding hydrogens is 455 g/mol. The van der Waals surface area contributed by atoms with Crippen molar-refractivity contribution in [3.63, 3.8) is 0 Å². The van der Waals surface area contributed by atoms with E-state index in [1.165, 1.54) is 12.8 Å². The van der Waals surface area contributed by atoms with Crippen molar-refractivity contribution in [3.05, 3.63) is 35.9 Å². The number of rotatable bonds is 12. The first-order chi connectivity index (χ1) is 12.8. The maximum absolute atomic E-state index is 11.9. The van der Waals surface area contributed by atoms with Gasteiger partial charge in [-0.05, 0) is 37.7 Å². The van der Waals surface area contributed by atoms with Crippen molar-refractivity contribution >= 4 is 35.8 Å². The summed E-state index contributed by atoms with van der Waals surface area (Å²) < 4.78 is 5.61. The summed E-state index contributed by atoms with van der Waals surface area (Å²) in [5.41, 5.74) is 1.10. The van der Waals surface area contributed by atoms with E-state index in [0.717, 1.165) is 50.2 Å². The zero-order chi connectivity index (χ0) is 18.5. The summed E-state index contributed by atoms with van der Waals surface area (Å²) in [6.45, 7) is 6.34. The van der Waals surface area contributed by atoms with Crippen molar-refractivity contribution in [1.82, 2.24) is 16.0 Å². The third-order valence-corrected chi connectivity index (χ3v) is 4.09. The van der Waals surface area contributed by atoms with Crippen LogP contribution in [0, 0.1) is 5.92 Å². The Morgan fingerprint density at radius 2 is 1.96 bits per heavy atom. The smallest absolute Gasteiger partial charge is 0.222 e. The lowest BCUT2D eigenvalue weighted by Crippen LogP contribution is -2.39. The standard InChI is InChI=1S/C20H32N4O2.HI/c1-2-21-20(22-12-6-14-26-16-18-9-10-18)23-13-11-19(25)24-15-17-7-4-3-5-8-17;/h3-5,7-8,18H,2,6,9-16H2,1H3,(H,24,25)(H2,21,22,23);1H. The van der Waals surface area contributed by atoms with Gasteiger partial charge < -0.3 is 20.7 Å². The average molecular weight is 488 g/mol. The molecule has 0 bridgehead atoms. The fourth-order valence-electron chi connectivity index (χ4n) is 2.41. The number of benzene rings is 1. The number of halogens is 1. The highest BCUT2D eigenvalue weighted by Crippen LogP contribution is 2.28. The van der Waals surface area contributed by atoms with E-state index in [9.17, 15) is 4.79 Å². The van der Waals surface area contributed by atoms with Gasteiger partial charge in [0.1, 0.15) is 0 Å². The van der Waals surface area contributed by atoms with Gasteiger partial charge in [0.15, 0.2) is 5.96 Å². The normalized spacial score (nSPS) is 13.6. The first-order valence-corrected chi connectivity index (χ1v) is 9.68. The fourth-order valence-corrected chi connectivity index (χ4v) is 2.41. The maximum Gasteiger partial charge on any atom is 0.222 e. The number of carbonyl (C=O) groups is 1. The lowest BCUT2D eigenvalue weighted by atomic mass is 10.2. The van der Waals surface area contributed by atoms with Crippen LogP contribution < -0.4 is 16.0 Å². The van der Waals surface area contributed by atoms with Gasteiger partial charge in [0, 0.05) is 45.8 Å². The fraction of sp³-hybridized carbons (Fsp3) is 0.600. The van der Waals surface area contributed by atoms with E-state index in [-0.39, 0.29) is 29.9 Å². The topological polar surface area (TPSA) is 74.8 Å². The predicted molar refractivity (Wildman–Crippen MR) is 120 cm³/mol. The Hall–Kier alpha value is -1.35. The Labute approximate surface area is 179 Å². The van der Waals surface area contributed by atoms with E-state index in [4.69, 9.17) is 4.74 Å². The van der Waals surface area contributed by atoms with Gasteiger partial charge in [-0.15, -0.1) is 24.0 Å². The van der Waals surface area contributed by atoms with Crippen LogP contribution in [0.2, 0.25) is 0 Å². The largest absolute Gasteiger partial charge is 0.381 e. The molecule has 1 aliphatic rings. The Kier molecular flexibility index (Phi) is 12.9. The number of nitrogens with zero attached hydrogens (tertiary/aromatic N) is 1. The van der Waals surface area contributed by atoms with Crippen molar-refractivity contribution < 1.29 is 9.53 Å². The van der Waals surface area contributed by atoms with Gasteiger partial charge >= 0.3 is 0 Å². The number of hydrogen-bond donors (Lipinski definition) is 3. The second kappa shape index (κ2) is 14.7. The Bertz CT molecular complexity index is 550. The first kappa shape index (κ1) is 23.7. The molecule has 1 aromatic carbocycles. The molecule has 2 rings (SSSR count). The highest BCUT2D eigenvalue weighted by atomic mass is 127. The predicted octanol–water partition coefficient (Wildman–Crippen LogP) is 2.68. The molecule has 27 heavy (non-hydrogen) atoms. The van der Waals surface area contributed by atoms with Gasteiger partial charge in [-0.1, -0.05) is 30.3 Å². The summed E-state index contributed by atoms with van der Waals surface area (Å²) >= 11 is 0. The minimum atomic E-state index is 0. The van der Waals surface area contributed by atoms with Crippen molar-refractivity contribution in [2.75, 3.05) is 32.8 Å². The first-order valence-electron chi connectivity index (χ1n) is 9.68. The molecule has 0 aliphatic heterocycles. The summed E-state index contributed by atoms with van der Waals surface area (Å²) in [5.74, 6) is 1.60. The molecule has 0 aromatic heterocycles. The molecule has 152 valence electrons. The van der Waals surface area contributed by atoms with E-state index >= 15 is 0 Å². The molecule has 0 unspecified atom stereocenters. The van der Waals surface area contributed by atoms with Crippen molar-refractivity contribution in [1.29, 1.82) is 0 Å². The van der Waals surface area contributed by atoms with Crippen LogP contribution in [-0.4, -0.2) is 44.7 Å². The van der Waals surface area contributed by atoms with Gasteiger partial charge in [0.25, 0.3) is 0 Å². The van der Waals surface area contributed by atoms with Gasteiger partial charge in [-0.3, -0.25) is 9.79 Å². The Morgan fingerprint density at radius 3 is 2.67 bits per heavy atom. The van der Waals surface area contributed by atoms with Crippen LogP contribution >= 0.6 is 24.0 Å². The summed E-state index contributed by atoms with van der Waals surface area (Å²) in [6, 6.07) is 9.92. The van der Waals surface area contributed by atoms with E-state index in [1.807, 2.05) is 37.3 Å². The van der Waals surface area contributed by atoms with E-state index in [1.54, 1.807) is 0 Å². The van der Waals surface area contributed by atoms with Gasteiger partial charge in [-0.2, -0.15) is 0 Å². The van der Waals surface area contributed by atoms with Gasteiger partial charge in [0.05, 0.1) is 0 Å². The molecule has 7 heteroatoms. The lowest BCUT2D eigenvalue weighted by Gasteiger charge is -2.11. The number of hydrogen-bond acceptors (Lipinski definition) is 3. The number of amides is 1. The quantitative estimate of drug-likeness (QED) is 0.183. The summed E-state index contributed by atoms with van der Waals surface area (Å²) in [4.78, 5) is 16.4. The zero-order valence-electron chi connectivity index (χ0n) is 16.2. The van der Waals surface area contributed by atoms with Gasteiger partial charge in [0.2, 0.25) is 5.91 Å². The molecule has 1 amide bonds. The Morgan fingerprint density at radius 1 is 1.19 bits per heavy atom. The molecule has 6 nitrogen and oxygen atoms in total. The molecule has 0 radical (unpaired) electrons. The summed E-state index contributed by atoms with van der Waals surface area (Å²) in [7, 11) is 0. The number of carbonyl (C=O) groups excluding carboxylic acids is 1. The van der Waals surface area contributed by atoms with Crippen LogP contribution in [0.15, 0.2) is 35.3 Å². The Balaban J connectivity index is 0.00000364. The molecule has 0 saturated heterocycles. The second-order valence-corrected chi connectivity index (χ2v) is 6.57. The number of ether oxygens (including phenoxy) is 1. The van der Waals surface area contributed by atoms with E-state index in [0.29, 0.717) is 19.5 Å². The maximum atomic E-state index is 11.9. The number of aliphatic imine (C=N–C) groups is 1. The van der Waals surface area contributed by atoms with Crippen molar-refractivity contribution in [3.8, 4) is 0 Å². The summed E-state index contributed by atoms with van der Waals surface area (Å²) in [6.07, 6.45) is 3.99. The average Bonchev–Trinajstić information content (AvgIpc) is 3.48. The molecule has 0 spiro atoms. The third-order valence-electron chi connectivity index (χ3n) is 4.09. The van der Waals surface area contributed by atoms with Crippen molar-refractivity contribution in [2.45, 2.75) is 39.2 Å². The summed E-state index contributed by atoms with van der Waals surface area (Å²) in [5, 5.41) is 9.34. The molecule has 3 N–H and O–H groups in total. The van der Waals surface area contributed by atoms with Crippen LogP contribution in [0.4, 0.5) is 0 Å². The SMILES string of the molecule is CCNC(=NCCCOCC1CC1)NCCC(=O)NCc1ccccc1.I.